The quantitative estimate of drug-likeness (QED) is 0.766. The molecule has 0 saturated carbocycles. The fraction of sp³-hybridized carbons (Fsp3) is 1.00. The summed E-state index contributed by atoms with van der Waals surface area (Å²) >= 11 is 0. The van der Waals surface area contributed by atoms with Crippen molar-refractivity contribution in [3.05, 3.63) is 0 Å². The summed E-state index contributed by atoms with van der Waals surface area (Å²) in [6, 6.07) is 0.694. The van der Waals surface area contributed by atoms with Crippen molar-refractivity contribution in [3.63, 3.8) is 0 Å². The maximum absolute atomic E-state index is 5.72. The minimum atomic E-state index is 0.502. The molecule has 2 atom stereocenters. The number of piperazine rings is 1. The van der Waals surface area contributed by atoms with Gasteiger partial charge in [0, 0.05) is 45.4 Å². The molecule has 0 bridgehead atoms. The first-order valence-electron chi connectivity index (χ1n) is 7.61. The lowest BCUT2D eigenvalue weighted by Gasteiger charge is -2.39. The van der Waals surface area contributed by atoms with Gasteiger partial charge in [0.1, 0.15) is 0 Å². The van der Waals surface area contributed by atoms with Crippen LogP contribution in [0.2, 0.25) is 0 Å². The van der Waals surface area contributed by atoms with Gasteiger partial charge < -0.3 is 10.5 Å². The Kier molecular flexibility index (Phi) is 5.89. The minimum Gasteiger partial charge on any atom is -0.377 e. The lowest BCUT2D eigenvalue weighted by molar-refractivity contribution is 0.0387. The van der Waals surface area contributed by atoms with Crippen LogP contribution >= 0.6 is 0 Å². The Hall–Kier alpha value is -0.160. The van der Waals surface area contributed by atoms with Crippen molar-refractivity contribution in [1.29, 1.82) is 0 Å². The van der Waals surface area contributed by atoms with Gasteiger partial charge in [-0.25, -0.2) is 0 Å². The zero-order valence-corrected chi connectivity index (χ0v) is 11.8. The second kappa shape index (κ2) is 7.43. The van der Waals surface area contributed by atoms with Crippen LogP contribution in [0.15, 0.2) is 0 Å². The van der Waals surface area contributed by atoms with Gasteiger partial charge in [-0.1, -0.05) is 6.92 Å². The smallest absolute Gasteiger partial charge is 0.0702 e. The van der Waals surface area contributed by atoms with E-state index in [9.17, 15) is 0 Å². The lowest BCUT2D eigenvalue weighted by atomic mass is 10.1. The largest absolute Gasteiger partial charge is 0.377 e. The number of hydrogen-bond donors (Lipinski definition) is 1. The predicted molar refractivity (Wildman–Crippen MR) is 74.7 cm³/mol. The Morgan fingerprint density at radius 3 is 2.61 bits per heavy atom. The Morgan fingerprint density at radius 2 is 2.06 bits per heavy atom. The summed E-state index contributed by atoms with van der Waals surface area (Å²) in [6.45, 7) is 9.99. The molecule has 106 valence electrons. The lowest BCUT2D eigenvalue weighted by Crippen LogP contribution is -2.51. The number of nitrogens with two attached hydrogens (primary N) is 1. The number of nitrogens with zero attached hydrogens (tertiary/aromatic N) is 2. The maximum Gasteiger partial charge on any atom is 0.0702 e. The zero-order chi connectivity index (χ0) is 12.8. The standard InChI is InChI=1S/C14H29N3O/c1-2-13(5-6-15)17-9-7-16(8-10-17)12-14-4-3-11-18-14/h13-14H,2-12,15H2,1H3. The van der Waals surface area contributed by atoms with Crippen molar-refractivity contribution in [1.82, 2.24) is 9.80 Å². The molecule has 2 unspecified atom stereocenters. The van der Waals surface area contributed by atoms with E-state index in [1.165, 1.54) is 45.4 Å². The molecule has 0 spiro atoms. The van der Waals surface area contributed by atoms with Crippen LogP contribution in [0.5, 0.6) is 0 Å². The van der Waals surface area contributed by atoms with Crippen molar-refractivity contribution in [2.24, 2.45) is 5.73 Å². The molecule has 2 N–H and O–H groups in total. The van der Waals surface area contributed by atoms with E-state index in [-0.39, 0.29) is 0 Å². The molecule has 18 heavy (non-hydrogen) atoms. The third kappa shape index (κ3) is 3.92. The molecule has 0 aromatic heterocycles. The molecule has 2 aliphatic rings. The van der Waals surface area contributed by atoms with Crippen LogP contribution in [0.3, 0.4) is 0 Å². The molecule has 2 heterocycles. The van der Waals surface area contributed by atoms with Gasteiger partial charge in [0.05, 0.1) is 6.10 Å². The van der Waals surface area contributed by atoms with Crippen LogP contribution < -0.4 is 5.73 Å². The first kappa shape index (κ1) is 14.3. The molecule has 2 aliphatic heterocycles. The summed E-state index contributed by atoms with van der Waals surface area (Å²) < 4.78 is 5.72. The minimum absolute atomic E-state index is 0.502. The summed E-state index contributed by atoms with van der Waals surface area (Å²) in [5, 5.41) is 0. The van der Waals surface area contributed by atoms with E-state index in [4.69, 9.17) is 10.5 Å². The van der Waals surface area contributed by atoms with Crippen LogP contribution in [-0.2, 0) is 4.74 Å². The van der Waals surface area contributed by atoms with E-state index in [0.717, 1.165) is 26.1 Å². The van der Waals surface area contributed by atoms with Gasteiger partial charge in [-0.15, -0.1) is 0 Å². The number of hydrogen-bond acceptors (Lipinski definition) is 4. The molecule has 0 radical (unpaired) electrons. The van der Waals surface area contributed by atoms with Gasteiger partial charge in [0.2, 0.25) is 0 Å². The molecule has 0 aromatic carbocycles. The van der Waals surface area contributed by atoms with E-state index in [0.29, 0.717) is 12.1 Å². The van der Waals surface area contributed by atoms with Crippen LogP contribution in [0.25, 0.3) is 0 Å². The summed E-state index contributed by atoms with van der Waals surface area (Å²) in [6.07, 6.45) is 5.37. The second-order valence-corrected chi connectivity index (χ2v) is 5.61. The van der Waals surface area contributed by atoms with Gasteiger partial charge in [0.15, 0.2) is 0 Å². The molecule has 0 aromatic rings. The number of ether oxygens (including phenoxy) is 1. The first-order valence-corrected chi connectivity index (χ1v) is 7.61. The third-order valence-corrected chi connectivity index (χ3v) is 4.38. The highest BCUT2D eigenvalue weighted by atomic mass is 16.5. The predicted octanol–water partition coefficient (Wildman–Crippen LogP) is 0.910. The molecule has 4 nitrogen and oxygen atoms in total. The normalized spacial score (nSPS) is 28.7. The van der Waals surface area contributed by atoms with Gasteiger partial charge in [-0.2, -0.15) is 0 Å². The van der Waals surface area contributed by atoms with Crippen LogP contribution in [0.1, 0.15) is 32.6 Å². The van der Waals surface area contributed by atoms with E-state index >= 15 is 0 Å². The Balaban J connectivity index is 1.69. The van der Waals surface area contributed by atoms with E-state index in [2.05, 4.69) is 16.7 Å². The Labute approximate surface area is 111 Å². The highest BCUT2D eigenvalue weighted by molar-refractivity contribution is 4.80. The highest BCUT2D eigenvalue weighted by Crippen LogP contribution is 2.16. The molecule has 0 amide bonds. The summed E-state index contributed by atoms with van der Waals surface area (Å²) in [4.78, 5) is 5.19. The highest BCUT2D eigenvalue weighted by Gasteiger charge is 2.25. The molecule has 0 aliphatic carbocycles. The summed E-state index contributed by atoms with van der Waals surface area (Å²) in [7, 11) is 0. The molecule has 2 saturated heterocycles. The van der Waals surface area contributed by atoms with E-state index in [1.54, 1.807) is 0 Å². The molecule has 4 heteroatoms. The van der Waals surface area contributed by atoms with Crippen molar-refractivity contribution < 1.29 is 4.74 Å². The van der Waals surface area contributed by atoms with Gasteiger partial charge in [-0.05, 0) is 32.2 Å². The van der Waals surface area contributed by atoms with Crippen LogP contribution in [0, 0.1) is 0 Å². The van der Waals surface area contributed by atoms with Crippen LogP contribution in [-0.4, -0.2) is 67.8 Å². The Morgan fingerprint density at radius 1 is 1.28 bits per heavy atom. The van der Waals surface area contributed by atoms with Crippen molar-refractivity contribution >= 4 is 0 Å². The monoisotopic (exact) mass is 255 g/mol. The second-order valence-electron chi connectivity index (χ2n) is 5.61. The SMILES string of the molecule is CCC(CCN)N1CCN(CC2CCCO2)CC1. The Bertz CT molecular complexity index is 223. The fourth-order valence-electron chi connectivity index (χ4n) is 3.22. The van der Waals surface area contributed by atoms with Gasteiger partial charge in [0.25, 0.3) is 0 Å². The average Bonchev–Trinajstić information content (AvgIpc) is 2.90. The summed E-state index contributed by atoms with van der Waals surface area (Å²) in [5.74, 6) is 0. The fourth-order valence-corrected chi connectivity index (χ4v) is 3.22. The molecular formula is C14H29N3O. The number of rotatable bonds is 6. The third-order valence-electron chi connectivity index (χ3n) is 4.38. The average molecular weight is 255 g/mol. The van der Waals surface area contributed by atoms with E-state index < -0.39 is 0 Å². The zero-order valence-electron chi connectivity index (χ0n) is 11.8. The molecular weight excluding hydrogens is 226 g/mol. The van der Waals surface area contributed by atoms with Crippen molar-refractivity contribution in [3.8, 4) is 0 Å². The van der Waals surface area contributed by atoms with Crippen molar-refractivity contribution in [2.45, 2.75) is 44.8 Å². The van der Waals surface area contributed by atoms with Crippen molar-refractivity contribution in [2.75, 3.05) is 45.9 Å². The van der Waals surface area contributed by atoms with E-state index in [1.807, 2.05) is 0 Å². The van der Waals surface area contributed by atoms with Gasteiger partial charge in [-0.3, -0.25) is 9.80 Å². The molecule has 2 rings (SSSR count). The first-order chi connectivity index (χ1) is 8.83. The summed E-state index contributed by atoms with van der Waals surface area (Å²) in [5.41, 5.74) is 5.69. The maximum atomic E-state index is 5.72. The molecule has 2 fully saturated rings. The van der Waals surface area contributed by atoms with Crippen LogP contribution in [0.4, 0.5) is 0 Å². The van der Waals surface area contributed by atoms with Gasteiger partial charge >= 0.3 is 0 Å². The topological polar surface area (TPSA) is 41.7 Å².